The molecule has 0 fully saturated rings. The predicted molar refractivity (Wildman–Crippen MR) is 135 cm³/mol. The van der Waals surface area contributed by atoms with Crippen molar-refractivity contribution in [1.29, 1.82) is 0 Å². The fourth-order valence-corrected chi connectivity index (χ4v) is 4.23. The number of hydrogen-bond acceptors (Lipinski definition) is 4. The van der Waals surface area contributed by atoms with Crippen LogP contribution < -0.4 is 5.32 Å². The molecule has 0 spiro atoms. The van der Waals surface area contributed by atoms with Crippen LogP contribution in [-0.2, 0) is 10.2 Å². The van der Waals surface area contributed by atoms with E-state index < -0.39 is 0 Å². The number of hydrogen-bond donors (Lipinski definition) is 1. The molecule has 0 bridgehead atoms. The summed E-state index contributed by atoms with van der Waals surface area (Å²) in [6.07, 6.45) is 2.94. The number of para-hydroxylation sites is 1. The molecule has 0 saturated carbocycles. The van der Waals surface area contributed by atoms with Gasteiger partial charge in [-0.05, 0) is 36.4 Å². The van der Waals surface area contributed by atoms with Gasteiger partial charge >= 0.3 is 0 Å². The van der Waals surface area contributed by atoms with Crippen molar-refractivity contribution in [3.05, 3.63) is 64.0 Å². The number of aromatic nitrogens is 2. The van der Waals surface area contributed by atoms with Gasteiger partial charge in [-0.15, -0.1) is 11.3 Å². The zero-order valence-corrected chi connectivity index (χ0v) is 21.0. The summed E-state index contributed by atoms with van der Waals surface area (Å²) in [6, 6.07) is 13.5. The summed E-state index contributed by atoms with van der Waals surface area (Å²) in [6.45, 7) is 11.0. The number of anilines is 1. The van der Waals surface area contributed by atoms with Gasteiger partial charge in [-0.3, -0.25) is 9.59 Å². The molecule has 7 heteroatoms. The Hall–Kier alpha value is -2.93. The van der Waals surface area contributed by atoms with Crippen molar-refractivity contribution in [1.82, 2.24) is 14.7 Å². The largest absolute Gasteiger partial charge is 0.329 e. The molecular formula is C26H34N4O2S. The number of benzene rings is 1. The van der Waals surface area contributed by atoms with Crippen LogP contribution in [0.1, 0.15) is 67.9 Å². The van der Waals surface area contributed by atoms with Crippen LogP contribution in [0.15, 0.2) is 47.8 Å². The number of carbonyl (C=O) groups is 2. The Balaban J connectivity index is 1.84. The summed E-state index contributed by atoms with van der Waals surface area (Å²) in [4.78, 5) is 28.4. The molecule has 3 rings (SSSR count). The highest BCUT2D eigenvalue weighted by atomic mass is 32.1. The monoisotopic (exact) mass is 466 g/mol. The molecule has 6 nitrogen and oxygen atoms in total. The van der Waals surface area contributed by atoms with Gasteiger partial charge in [0.2, 0.25) is 5.91 Å². The summed E-state index contributed by atoms with van der Waals surface area (Å²) in [5, 5.41) is 9.71. The SMILES string of the molecule is CCCCCN(CC(=O)Nc1cc(C(C)(C)C)nn1-c1ccccc1C)C(=O)c1cccs1. The number of thiophene rings is 1. The van der Waals surface area contributed by atoms with Gasteiger partial charge in [-0.25, -0.2) is 4.68 Å². The van der Waals surface area contributed by atoms with Crippen molar-refractivity contribution in [2.24, 2.45) is 0 Å². The lowest BCUT2D eigenvalue weighted by atomic mass is 9.92. The normalized spacial score (nSPS) is 11.4. The highest BCUT2D eigenvalue weighted by Crippen LogP contribution is 2.27. The van der Waals surface area contributed by atoms with Crippen molar-refractivity contribution in [2.45, 2.75) is 59.3 Å². The Morgan fingerprint density at radius 3 is 2.52 bits per heavy atom. The summed E-state index contributed by atoms with van der Waals surface area (Å²) >= 11 is 1.40. The Bertz CT molecular complexity index is 1080. The van der Waals surface area contributed by atoms with Crippen molar-refractivity contribution < 1.29 is 9.59 Å². The lowest BCUT2D eigenvalue weighted by Gasteiger charge is -2.22. The molecule has 0 saturated heterocycles. The second-order valence-electron chi connectivity index (χ2n) is 9.32. The Kier molecular flexibility index (Phi) is 8.08. The lowest BCUT2D eigenvalue weighted by molar-refractivity contribution is -0.116. The van der Waals surface area contributed by atoms with Gasteiger partial charge in [0.1, 0.15) is 12.4 Å². The van der Waals surface area contributed by atoms with Crippen LogP contribution in [-0.4, -0.2) is 39.6 Å². The smallest absolute Gasteiger partial charge is 0.264 e. The molecule has 0 aliphatic carbocycles. The second kappa shape index (κ2) is 10.8. The fraction of sp³-hybridized carbons (Fsp3) is 0.423. The highest BCUT2D eigenvalue weighted by Gasteiger charge is 2.24. The third kappa shape index (κ3) is 6.32. The fourth-order valence-electron chi connectivity index (χ4n) is 3.54. The zero-order chi connectivity index (χ0) is 24.0. The maximum absolute atomic E-state index is 13.1. The van der Waals surface area contributed by atoms with E-state index in [1.165, 1.54) is 11.3 Å². The van der Waals surface area contributed by atoms with Crippen LogP contribution >= 0.6 is 11.3 Å². The van der Waals surface area contributed by atoms with Crippen LogP contribution in [0.25, 0.3) is 5.69 Å². The summed E-state index contributed by atoms with van der Waals surface area (Å²) in [7, 11) is 0. The standard InChI is InChI=1S/C26H34N4O2S/c1-6-7-10-15-29(25(32)21-14-11-16-33-21)18-24(31)27-23-17-22(26(3,4)5)28-30(23)20-13-9-8-12-19(20)2/h8-9,11-14,16-17H,6-7,10,15,18H2,1-5H3,(H,27,31). The van der Waals surface area contributed by atoms with Crippen molar-refractivity contribution >= 4 is 29.0 Å². The molecule has 2 amide bonds. The number of unbranched alkanes of at least 4 members (excludes halogenated alkanes) is 2. The van der Waals surface area contributed by atoms with Gasteiger partial charge in [-0.2, -0.15) is 5.10 Å². The molecule has 0 aliphatic heterocycles. The third-order valence-corrected chi connectivity index (χ3v) is 6.33. The summed E-state index contributed by atoms with van der Waals surface area (Å²) in [5.41, 5.74) is 2.69. The first kappa shape index (κ1) is 24.7. The van der Waals surface area contributed by atoms with Crippen molar-refractivity contribution in [3.63, 3.8) is 0 Å². The van der Waals surface area contributed by atoms with E-state index in [0.717, 1.165) is 36.2 Å². The summed E-state index contributed by atoms with van der Waals surface area (Å²) < 4.78 is 1.79. The quantitative estimate of drug-likeness (QED) is 0.405. The van der Waals surface area contributed by atoms with E-state index in [9.17, 15) is 9.59 Å². The van der Waals surface area contributed by atoms with Gasteiger partial charge in [0.15, 0.2) is 0 Å². The van der Waals surface area contributed by atoms with Crippen molar-refractivity contribution in [3.8, 4) is 5.69 Å². The molecule has 0 radical (unpaired) electrons. The minimum atomic E-state index is -0.230. The van der Waals surface area contributed by atoms with E-state index in [1.807, 2.05) is 48.7 Å². The molecule has 0 unspecified atom stereocenters. The van der Waals surface area contributed by atoms with E-state index in [1.54, 1.807) is 15.6 Å². The van der Waals surface area contributed by atoms with E-state index in [-0.39, 0.29) is 23.8 Å². The molecule has 0 aliphatic rings. The lowest BCUT2D eigenvalue weighted by Crippen LogP contribution is -2.38. The van der Waals surface area contributed by atoms with Crippen molar-refractivity contribution in [2.75, 3.05) is 18.4 Å². The molecule has 3 aromatic rings. The maximum Gasteiger partial charge on any atom is 0.264 e. The Labute approximate surface area is 200 Å². The number of nitrogens with zero attached hydrogens (tertiary/aromatic N) is 3. The van der Waals surface area contributed by atoms with Crippen LogP contribution in [0.3, 0.4) is 0 Å². The highest BCUT2D eigenvalue weighted by molar-refractivity contribution is 7.12. The topological polar surface area (TPSA) is 67.2 Å². The predicted octanol–water partition coefficient (Wildman–Crippen LogP) is 5.81. The van der Waals surface area contributed by atoms with Crippen LogP contribution in [0.5, 0.6) is 0 Å². The van der Waals surface area contributed by atoms with E-state index in [2.05, 4.69) is 33.0 Å². The molecular weight excluding hydrogens is 432 g/mol. The van der Waals surface area contributed by atoms with E-state index in [0.29, 0.717) is 17.2 Å². The number of aryl methyl sites for hydroxylation is 1. The molecule has 33 heavy (non-hydrogen) atoms. The van der Waals surface area contributed by atoms with Gasteiger partial charge < -0.3 is 10.2 Å². The molecule has 1 aromatic carbocycles. The average Bonchev–Trinajstić information content (AvgIpc) is 3.43. The maximum atomic E-state index is 13.1. The zero-order valence-electron chi connectivity index (χ0n) is 20.2. The van der Waals surface area contributed by atoms with Gasteiger partial charge in [0.25, 0.3) is 5.91 Å². The van der Waals surface area contributed by atoms with E-state index >= 15 is 0 Å². The van der Waals surface area contributed by atoms with Crippen LogP contribution in [0, 0.1) is 6.92 Å². The Morgan fingerprint density at radius 1 is 1.12 bits per heavy atom. The van der Waals surface area contributed by atoms with Gasteiger partial charge in [0.05, 0.1) is 16.3 Å². The second-order valence-corrected chi connectivity index (χ2v) is 10.3. The molecule has 176 valence electrons. The molecule has 2 heterocycles. The first-order valence-corrected chi connectivity index (χ1v) is 12.4. The minimum absolute atomic E-state index is 0.00422. The molecule has 1 N–H and O–H groups in total. The molecule has 2 aromatic heterocycles. The van der Waals surface area contributed by atoms with E-state index in [4.69, 9.17) is 5.10 Å². The van der Waals surface area contributed by atoms with Crippen LogP contribution in [0.4, 0.5) is 5.82 Å². The summed E-state index contributed by atoms with van der Waals surface area (Å²) in [5.74, 6) is 0.280. The number of nitrogens with one attached hydrogen (secondary N) is 1. The first-order chi connectivity index (χ1) is 15.7. The average molecular weight is 467 g/mol. The number of carbonyl (C=O) groups excluding carboxylic acids is 2. The Morgan fingerprint density at radius 2 is 1.88 bits per heavy atom. The van der Waals surface area contributed by atoms with Gasteiger partial charge in [0, 0.05) is 18.0 Å². The molecule has 0 atom stereocenters. The van der Waals surface area contributed by atoms with Gasteiger partial charge in [-0.1, -0.05) is 64.8 Å². The number of amides is 2. The number of rotatable bonds is 9. The first-order valence-electron chi connectivity index (χ1n) is 11.5. The van der Waals surface area contributed by atoms with Crippen LogP contribution in [0.2, 0.25) is 0 Å². The minimum Gasteiger partial charge on any atom is -0.329 e. The third-order valence-electron chi connectivity index (χ3n) is 5.47.